The van der Waals surface area contributed by atoms with Crippen LogP contribution in [0.2, 0.25) is 0 Å². The van der Waals surface area contributed by atoms with Gasteiger partial charge in [-0.15, -0.1) is 11.8 Å². The minimum Gasteiger partial charge on any atom is -0.481 e. The van der Waals surface area contributed by atoms with Gasteiger partial charge in [0.15, 0.2) is 0 Å². The molecular weight excluding hydrogens is 276 g/mol. The molecule has 0 radical (unpaired) electrons. The van der Waals surface area contributed by atoms with Gasteiger partial charge in [-0.1, -0.05) is 0 Å². The SMILES string of the molecule is O=C(O)CSCC(=O)NCCN1C(=O)CC(O)C1=O. The van der Waals surface area contributed by atoms with Crippen LogP contribution >= 0.6 is 11.8 Å². The Morgan fingerprint density at radius 2 is 2.05 bits per heavy atom. The summed E-state index contributed by atoms with van der Waals surface area (Å²) >= 11 is 0.955. The molecule has 1 unspecified atom stereocenters. The zero-order valence-corrected chi connectivity index (χ0v) is 10.8. The lowest BCUT2D eigenvalue weighted by molar-refractivity contribution is -0.141. The minimum atomic E-state index is -1.28. The maximum Gasteiger partial charge on any atom is 0.313 e. The molecule has 0 aromatic carbocycles. The first-order valence-corrected chi connectivity index (χ1v) is 6.65. The number of carboxylic acids is 1. The number of carboxylic acid groups (broad SMARTS) is 1. The van der Waals surface area contributed by atoms with Gasteiger partial charge < -0.3 is 15.5 Å². The molecule has 0 spiro atoms. The molecule has 0 aliphatic carbocycles. The number of thioether (sulfide) groups is 1. The molecule has 106 valence electrons. The predicted octanol–water partition coefficient (Wildman–Crippen LogP) is -1.96. The second-order valence-electron chi connectivity index (χ2n) is 3.84. The fourth-order valence-corrected chi connectivity index (χ4v) is 2.05. The highest BCUT2D eigenvalue weighted by molar-refractivity contribution is 8.00. The molecule has 1 aliphatic heterocycles. The predicted molar refractivity (Wildman–Crippen MR) is 65.3 cm³/mol. The smallest absolute Gasteiger partial charge is 0.313 e. The van der Waals surface area contributed by atoms with Crippen LogP contribution in [0.25, 0.3) is 0 Å². The van der Waals surface area contributed by atoms with Gasteiger partial charge in [-0.25, -0.2) is 0 Å². The Labute approximate surface area is 113 Å². The lowest BCUT2D eigenvalue weighted by atomic mass is 10.3. The van der Waals surface area contributed by atoms with Crippen molar-refractivity contribution >= 4 is 35.5 Å². The van der Waals surface area contributed by atoms with Crippen LogP contribution in [-0.4, -0.2) is 69.5 Å². The number of aliphatic hydroxyl groups is 1. The maximum atomic E-state index is 11.3. The number of nitrogens with zero attached hydrogens (tertiary/aromatic N) is 1. The topological polar surface area (TPSA) is 124 Å². The van der Waals surface area contributed by atoms with E-state index in [2.05, 4.69) is 5.32 Å². The summed E-state index contributed by atoms with van der Waals surface area (Å²) in [6.45, 7) is 0.0841. The summed E-state index contributed by atoms with van der Waals surface area (Å²) in [4.78, 5) is 45.0. The van der Waals surface area contributed by atoms with E-state index < -0.39 is 23.9 Å². The number of aliphatic hydroxyl groups excluding tert-OH is 1. The number of carbonyl (C=O) groups is 4. The highest BCUT2D eigenvalue weighted by atomic mass is 32.2. The van der Waals surface area contributed by atoms with Crippen LogP contribution in [0.4, 0.5) is 0 Å². The lowest BCUT2D eigenvalue weighted by Gasteiger charge is -2.14. The average Bonchev–Trinajstić information content (AvgIpc) is 2.55. The van der Waals surface area contributed by atoms with E-state index in [1.165, 1.54) is 0 Å². The Balaban J connectivity index is 2.20. The van der Waals surface area contributed by atoms with Crippen molar-refractivity contribution < 1.29 is 29.4 Å². The number of carbonyl (C=O) groups excluding carboxylic acids is 3. The van der Waals surface area contributed by atoms with E-state index in [1.807, 2.05) is 0 Å². The van der Waals surface area contributed by atoms with Crippen molar-refractivity contribution in [1.29, 1.82) is 0 Å². The molecule has 1 aliphatic rings. The number of hydrogen-bond donors (Lipinski definition) is 3. The van der Waals surface area contributed by atoms with Crippen molar-refractivity contribution in [3.8, 4) is 0 Å². The van der Waals surface area contributed by atoms with Gasteiger partial charge >= 0.3 is 5.97 Å². The van der Waals surface area contributed by atoms with Crippen molar-refractivity contribution in [1.82, 2.24) is 10.2 Å². The van der Waals surface area contributed by atoms with Crippen molar-refractivity contribution in [2.45, 2.75) is 12.5 Å². The van der Waals surface area contributed by atoms with Gasteiger partial charge in [-0.2, -0.15) is 0 Å². The number of imide groups is 1. The highest BCUT2D eigenvalue weighted by Crippen LogP contribution is 2.11. The number of aliphatic carboxylic acids is 1. The van der Waals surface area contributed by atoms with E-state index >= 15 is 0 Å². The molecule has 19 heavy (non-hydrogen) atoms. The van der Waals surface area contributed by atoms with Crippen LogP contribution in [0.15, 0.2) is 0 Å². The minimum absolute atomic E-state index is 0.00316. The third-order valence-corrected chi connectivity index (χ3v) is 3.25. The molecule has 3 N–H and O–H groups in total. The van der Waals surface area contributed by atoms with Crippen molar-refractivity contribution in [2.24, 2.45) is 0 Å². The normalized spacial score (nSPS) is 18.8. The molecular formula is C10H14N2O6S. The summed E-state index contributed by atoms with van der Waals surface area (Å²) in [7, 11) is 0. The second-order valence-corrected chi connectivity index (χ2v) is 4.83. The third-order valence-electron chi connectivity index (χ3n) is 2.34. The molecule has 1 fully saturated rings. The van der Waals surface area contributed by atoms with Crippen LogP contribution in [-0.2, 0) is 19.2 Å². The average molecular weight is 290 g/mol. The summed E-state index contributed by atoms with van der Waals surface area (Å²) in [5.41, 5.74) is 0. The number of hydrogen-bond acceptors (Lipinski definition) is 6. The summed E-state index contributed by atoms with van der Waals surface area (Å²) in [5.74, 6) is -2.66. The summed E-state index contributed by atoms with van der Waals surface area (Å²) in [6.07, 6.45) is -1.50. The monoisotopic (exact) mass is 290 g/mol. The van der Waals surface area contributed by atoms with E-state index in [-0.39, 0.29) is 36.9 Å². The van der Waals surface area contributed by atoms with Gasteiger partial charge in [-0.3, -0.25) is 24.1 Å². The molecule has 0 aromatic rings. The number of nitrogens with one attached hydrogen (secondary N) is 1. The van der Waals surface area contributed by atoms with E-state index in [1.54, 1.807) is 0 Å². The van der Waals surface area contributed by atoms with E-state index in [4.69, 9.17) is 10.2 Å². The first kappa shape index (κ1) is 15.4. The van der Waals surface area contributed by atoms with Crippen LogP contribution in [0.1, 0.15) is 6.42 Å². The number of rotatable bonds is 7. The lowest BCUT2D eigenvalue weighted by Crippen LogP contribution is -2.39. The van der Waals surface area contributed by atoms with Gasteiger partial charge in [0.1, 0.15) is 6.10 Å². The van der Waals surface area contributed by atoms with Crippen LogP contribution in [0.5, 0.6) is 0 Å². The van der Waals surface area contributed by atoms with Gasteiger partial charge in [0.25, 0.3) is 5.91 Å². The van der Waals surface area contributed by atoms with Crippen molar-refractivity contribution in [2.75, 3.05) is 24.6 Å². The Bertz CT molecular complexity index is 399. The zero-order chi connectivity index (χ0) is 14.4. The fourth-order valence-electron chi connectivity index (χ4n) is 1.49. The zero-order valence-electron chi connectivity index (χ0n) is 10.00. The summed E-state index contributed by atoms with van der Waals surface area (Å²) in [6, 6.07) is 0. The van der Waals surface area contributed by atoms with E-state index in [9.17, 15) is 19.2 Å². The Morgan fingerprint density at radius 3 is 2.58 bits per heavy atom. The summed E-state index contributed by atoms with van der Waals surface area (Å²) < 4.78 is 0. The molecule has 8 nitrogen and oxygen atoms in total. The number of likely N-dealkylation sites (tertiary alicyclic amines) is 1. The number of amides is 3. The standard InChI is InChI=1S/C10H14N2O6S/c13-6-3-8(15)12(10(6)18)2-1-11-7(14)4-19-5-9(16)17/h6,13H,1-5H2,(H,11,14)(H,16,17). The van der Waals surface area contributed by atoms with Crippen molar-refractivity contribution in [3.05, 3.63) is 0 Å². The quantitative estimate of drug-likeness (QED) is 0.465. The highest BCUT2D eigenvalue weighted by Gasteiger charge is 2.36. The molecule has 0 bridgehead atoms. The second kappa shape index (κ2) is 7.10. The van der Waals surface area contributed by atoms with Gasteiger partial charge in [0.05, 0.1) is 17.9 Å². The fraction of sp³-hybridized carbons (Fsp3) is 0.600. The molecule has 0 saturated carbocycles. The first-order valence-electron chi connectivity index (χ1n) is 5.50. The van der Waals surface area contributed by atoms with E-state index in [0.29, 0.717) is 0 Å². The van der Waals surface area contributed by atoms with Gasteiger partial charge in [0.2, 0.25) is 11.8 Å². The summed E-state index contributed by atoms with van der Waals surface area (Å²) in [5, 5.41) is 20.0. The van der Waals surface area contributed by atoms with Gasteiger partial charge in [0, 0.05) is 13.1 Å². The maximum absolute atomic E-state index is 11.3. The Hall–Kier alpha value is -1.61. The molecule has 3 amide bonds. The van der Waals surface area contributed by atoms with Crippen LogP contribution in [0, 0.1) is 0 Å². The van der Waals surface area contributed by atoms with Crippen molar-refractivity contribution in [3.63, 3.8) is 0 Å². The molecule has 1 rings (SSSR count). The molecule has 0 aromatic heterocycles. The van der Waals surface area contributed by atoms with Crippen LogP contribution in [0.3, 0.4) is 0 Å². The largest absolute Gasteiger partial charge is 0.481 e. The van der Waals surface area contributed by atoms with E-state index in [0.717, 1.165) is 16.7 Å². The molecule has 1 saturated heterocycles. The third kappa shape index (κ3) is 4.87. The van der Waals surface area contributed by atoms with Gasteiger partial charge in [-0.05, 0) is 0 Å². The molecule has 1 heterocycles. The Kier molecular flexibility index (Phi) is 5.77. The molecule has 9 heteroatoms. The van der Waals surface area contributed by atoms with Crippen LogP contribution < -0.4 is 5.32 Å². The first-order chi connectivity index (χ1) is 8.91. The Morgan fingerprint density at radius 1 is 1.37 bits per heavy atom. The molecule has 1 atom stereocenters.